The highest BCUT2D eigenvalue weighted by molar-refractivity contribution is 6.34. The molecule has 40 heavy (non-hydrogen) atoms. The van der Waals surface area contributed by atoms with Crippen LogP contribution in [0, 0.1) is 18.7 Å². The number of hydrogen-bond donors (Lipinski definition) is 1. The summed E-state index contributed by atoms with van der Waals surface area (Å²) >= 11 is 0. The van der Waals surface area contributed by atoms with E-state index < -0.39 is 65.4 Å². The van der Waals surface area contributed by atoms with Gasteiger partial charge in [-0.3, -0.25) is 14.4 Å². The van der Waals surface area contributed by atoms with Gasteiger partial charge in [0.1, 0.15) is 5.82 Å². The van der Waals surface area contributed by atoms with E-state index in [-0.39, 0.29) is 37.2 Å². The number of primary amides is 1. The molecule has 0 bridgehead atoms. The lowest BCUT2D eigenvalue weighted by atomic mass is 9.78. The molecule has 2 fully saturated rings. The first-order valence-corrected chi connectivity index (χ1v) is 12.5. The molecule has 1 saturated carbocycles. The Balaban J connectivity index is 1.69. The van der Waals surface area contributed by atoms with Crippen LogP contribution in [0.1, 0.15) is 53.0 Å². The molecular weight excluding hydrogens is 547 g/mol. The van der Waals surface area contributed by atoms with Crippen molar-refractivity contribution in [1.29, 1.82) is 0 Å². The summed E-state index contributed by atoms with van der Waals surface area (Å²) in [5.74, 6) is -4.75. The number of amides is 3. The summed E-state index contributed by atoms with van der Waals surface area (Å²) in [6.45, 7) is 1.00. The van der Waals surface area contributed by atoms with Crippen LogP contribution in [0.3, 0.4) is 0 Å². The first-order valence-electron chi connectivity index (χ1n) is 12.5. The van der Waals surface area contributed by atoms with Crippen molar-refractivity contribution in [2.75, 3.05) is 13.1 Å². The van der Waals surface area contributed by atoms with E-state index in [4.69, 9.17) is 5.73 Å². The predicted molar refractivity (Wildman–Crippen MR) is 128 cm³/mol. The zero-order valence-corrected chi connectivity index (χ0v) is 21.3. The fourth-order valence-corrected chi connectivity index (χ4v) is 5.25. The average Bonchev–Trinajstić information content (AvgIpc) is 3.70. The van der Waals surface area contributed by atoms with Crippen molar-refractivity contribution in [3.05, 3.63) is 70.0 Å². The number of rotatable bonds is 5. The summed E-state index contributed by atoms with van der Waals surface area (Å²) < 4.78 is 94.3. The summed E-state index contributed by atoms with van der Waals surface area (Å²) in [5, 5.41) is 0. The molecule has 0 aromatic heterocycles. The first-order chi connectivity index (χ1) is 18.6. The maximum absolute atomic E-state index is 13.9. The van der Waals surface area contributed by atoms with Crippen LogP contribution in [0.5, 0.6) is 0 Å². The summed E-state index contributed by atoms with van der Waals surface area (Å²) in [6.07, 6.45) is -8.96. The zero-order chi connectivity index (χ0) is 29.6. The summed E-state index contributed by atoms with van der Waals surface area (Å²) in [6, 6.07) is 4.74. The molecular formula is C27H26F7N3O3. The summed E-state index contributed by atoms with van der Waals surface area (Å²) in [4.78, 5) is 40.2. The van der Waals surface area contributed by atoms with Crippen LogP contribution in [0.2, 0.25) is 0 Å². The van der Waals surface area contributed by atoms with Crippen LogP contribution in [0.15, 0.2) is 36.4 Å². The number of nitrogens with two attached hydrogens (primary N) is 1. The SMILES string of the molecule is Cc1cc(F)ccc1C1CN(C(=O)C(N)=O)CCC1C(=O)N(Cc1cc(C(F)(F)F)cc(C(F)(F)F)c1)C1CC1. The topological polar surface area (TPSA) is 83.7 Å². The molecule has 0 spiro atoms. The largest absolute Gasteiger partial charge is 0.416 e. The lowest BCUT2D eigenvalue weighted by Crippen LogP contribution is -2.51. The zero-order valence-electron chi connectivity index (χ0n) is 21.3. The predicted octanol–water partition coefficient (Wildman–Crippen LogP) is 4.78. The third-order valence-corrected chi connectivity index (χ3v) is 7.33. The molecule has 2 aliphatic rings. The van der Waals surface area contributed by atoms with Crippen LogP contribution in [0.25, 0.3) is 0 Å². The smallest absolute Gasteiger partial charge is 0.361 e. The Bertz CT molecular complexity index is 1290. The van der Waals surface area contributed by atoms with E-state index in [1.165, 1.54) is 28.0 Å². The second-order valence-corrected chi connectivity index (χ2v) is 10.2. The summed E-state index contributed by atoms with van der Waals surface area (Å²) in [5.41, 5.74) is 2.88. The van der Waals surface area contributed by atoms with Crippen molar-refractivity contribution in [2.45, 2.75) is 57.0 Å². The van der Waals surface area contributed by atoms with Crippen LogP contribution in [-0.2, 0) is 33.3 Å². The molecule has 0 radical (unpaired) electrons. The highest BCUT2D eigenvalue weighted by Crippen LogP contribution is 2.40. The number of alkyl halides is 6. The number of carbonyl (C=O) groups excluding carboxylic acids is 3. The summed E-state index contributed by atoms with van der Waals surface area (Å²) in [7, 11) is 0. The first kappa shape index (κ1) is 29.3. The number of piperidine rings is 1. The maximum atomic E-state index is 13.9. The van der Waals surface area contributed by atoms with Gasteiger partial charge in [0, 0.05) is 37.5 Å². The Labute approximate surface area is 224 Å². The Morgan fingerprint density at radius 3 is 2.05 bits per heavy atom. The second kappa shape index (κ2) is 10.7. The van der Waals surface area contributed by atoms with Gasteiger partial charge in [0.05, 0.1) is 11.1 Å². The van der Waals surface area contributed by atoms with Gasteiger partial charge in [-0.15, -0.1) is 0 Å². The highest BCUT2D eigenvalue weighted by Gasteiger charge is 2.44. The molecule has 216 valence electrons. The molecule has 2 N–H and O–H groups in total. The van der Waals surface area contributed by atoms with Gasteiger partial charge in [-0.1, -0.05) is 6.07 Å². The lowest BCUT2D eigenvalue weighted by Gasteiger charge is -2.40. The molecule has 2 unspecified atom stereocenters. The van der Waals surface area contributed by atoms with E-state index >= 15 is 0 Å². The van der Waals surface area contributed by atoms with E-state index in [2.05, 4.69) is 0 Å². The molecule has 4 rings (SSSR count). The third-order valence-electron chi connectivity index (χ3n) is 7.33. The quantitative estimate of drug-likeness (QED) is 0.413. The van der Waals surface area contributed by atoms with Crippen molar-refractivity contribution in [3.8, 4) is 0 Å². The molecule has 6 nitrogen and oxygen atoms in total. The van der Waals surface area contributed by atoms with Crippen LogP contribution in [-0.4, -0.2) is 46.7 Å². The van der Waals surface area contributed by atoms with Gasteiger partial charge in [-0.25, -0.2) is 4.39 Å². The molecule has 2 aromatic rings. The number of carbonyl (C=O) groups is 3. The highest BCUT2D eigenvalue weighted by atomic mass is 19.4. The molecule has 2 atom stereocenters. The Hall–Kier alpha value is -3.64. The number of halogens is 7. The van der Waals surface area contributed by atoms with E-state index in [0.29, 0.717) is 36.1 Å². The Morgan fingerprint density at radius 1 is 0.950 bits per heavy atom. The minimum absolute atomic E-state index is 0.0186. The molecule has 1 aliphatic heterocycles. The fourth-order valence-electron chi connectivity index (χ4n) is 5.25. The number of benzene rings is 2. The molecule has 13 heteroatoms. The van der Waals surface area contributed by atoms with Crippen LogP contribution < -0.4 is 5.73 Å². The van der Waals surface area contributed by atoms with Gasteiger partial charge in [-0.05, 0) is 73.2 Å². The lowest BCUT2D eigenvalue weighted by molar-refractivity contribution is -0.147. The van der Waals surface area contributed by atoms with E-state index in [1.807, 2.05) is 0 Å². The monoisotopic (exact) mass is 573 g/mol. The number of nitrogens with zero attached hydrogens (tertiary/aromatic N) is 2. The van der Waals surface area contributed by atoms with Crippen molar-refractivity contribution in [2.24, 2.45) is 11.7 Å². The number of likely N-dealkylation sites (tertiary alicyclic amines) is 1. The molecule has 3 amide bonds. The Morgan fingerprint density at radius 2 is 1.55 bits per heavy atom. The van der Waals surface area contributed by atoms with Crippen molar-refractivity contribution in [1.82, 2.24) is 9.80 Å². The van der Waals surface area contributed by atoms with Gasteiger partial charge >= 0.3 is 24.2 Å². The molecule has 1 heterocycles. The van der Waals surface area contributed by atoms with E-state index in [1.54, 1.807) is 6.92 Å². The van der Waals surface area contributed by atoms with Crippen LogP contribution in [0.4, 0.5) is 30.7 Å². The van der Waals surface area contributed by atoms with Crippen molar-refractivity contribution in [3.63, 3.8) is 0 Å². The van der Waals surface area contributed by atoms with Gasteiger partial charge in [-0.2, -0.15) is 26.3 Å². The second-order valence-electron chi connectivity index (χ2n) is 10.2. The van der Waals surface area contributed by atoms with E-state index in [0.717, 1.165) is 0 Å². The standard InChI is InChI=1S/C27H26F7N3O3/c1-14-8-18(28)2-5-20(14)22-13-36(25(40)23(35)38)7-6-21(22)24(39)37(19-3-4-19)12-15-9-16(26(29,30)31)11-17(10-15)27(32,33)34/h2,5,8-11,19,21-22H,3-4,6-7,12-13H2,1H3,(H2,35,38). The van der Waals surface area contributed by atoms with Crippen molar-refractivity contribution < 1.29 is 45.1 Å². The Kier molecular flexibility index (Phi) is 7.88. The van der Waals surface area contributed by atoms with Gasteiger partial charge in [0.15, 0.2) is 0 Å². The number of aryl methyl sites for hydroxylation is 1. The van der Waals surface area contributed by atoms with Gasteiger partial charge in [0.2, 0.25) is 5.91 Å². The van der Waals surface area contributed by atoms with Crippen molar-refractivity contribution >= 4 is 17.7 Å². The maximum Gasteiger partial charge on any atom is 0.416 e. The van der Waals surface area contributed by atoms with Crippen LogP contribution >= 0.6 is 0 Å². The molecule has 1 aliphatic carbocycles. The number of hydrogen-bond acceptors (Lipinski definition) is 3. The minimum Gasteiger partial charge on any atom is -0.361 e. The third kappa shape index (κ3) is 6.39. The van der Waals surface area contributed by atoms with Gasteiger partial charge < -0.3 is 15.5 Å². The molecule has 2 aromatic carbocycles. The average molecular weight is 574 g/mol. The molecule has 1 saturated heterocycles. The fraction of sp³-hybridized carbons (Fsp3) is 0.444. The van der Waals surface area contributed by atoms with Gasteiger partial charge in [0.25, 0.3) is 0 Å². The normalized spacial score (nSPS) is 19.9. The minimum atomic E-state index is -5.03. The van der Waals surface area contributed by atoms with E-state index in [9.17, 15) is 45.1 Å².